The summed E-state index contributed by atoms with van der Waals surface area (Å²) in [6.07, 6.45) is 0.256. The summed E-state index contributed by atoms with van der Waals surface area (Å²) in [5.74, 6) is 0.458. The first-order valence-corrected chi connectivity index (χ1v) is 8.02. The highest BCUT2D eigenvalue weighted by atomic mass is 35.5. The van der Waals surface area contributed by atoms with Gasteiger partial charge in [0, 0.05) is 34.7 Å². The van der Waals surface area contributed by atoms with Crippen LogP contribution in [-0.4, -0.2) is 37.7 Å². The Morgan fingerprint density at radius 3 is 2.28 bits per heavy atom. The molecule has 0 aliphatic heterocycles. The molecule has 3 N–H and O–H groups in total. The van der Waals surface area contributed by atoms with Gasteiger partial charge in [0.2, 0.25) is 5.91 Å². The predicted molar refractivity (Wildman–Crippen MR) is 100 cm³/mol. The Hall–Kier alpha value is -1.99. The minimum absolute atomic E-state index is 0. The summed E-state index contributed by atoms with van der Waals surface area (Å²) in [7, 11) is 0. The Bertz CT molecular complexity index is 748. The molecular weight excluding hydrogens is 340 g/mol. The smallest absolute Gasteiger partial charge is 0.251 e. The molecule has 25 heavy (non-hydrogen) atoms. The second-order valence-corrected chi connectivity index (χ2v) is 6.82. The average molecular weight is 367 g/mol. The molecule has 2 rings (SSSR count). The number of carbonyl (C=O) groups is 1. The molecule has 0 bridgehead atoms. The highest BCUT2D eigenvalue weighted by Crippen LogP contribution is 2.17. The number of carbonyl (C=O) groups excluding carboxylic acids is 1. The Kier molecular flexibility index (Phi) is 6.68. The zero-order valence-corrected chi connectivity index (χ0v) is 16.5. The van der Waals surface area contributed by atoms with Crippen molar-refractivity contribution in [2.45, 2.75) is 53.5 Å². The number of rotatable bonds is 5. The van der Waals surface area contributed by atoms with Crippen LogP contribution in [0.1, 0.15) is 42.2 Å². The molecule has 0 saturated carbocycles. The van der Waals surface area contributed by atoms with E-state index in [0.29, 0.717) is 12.5 Å². The summed E-state index contributed by atoms with van der Waals surface area (Å²) in [4.78, 5) is 21.2. The second-order valence-electron chi connectivity index (χ2n) is 6.82. The molecule has 7 nitrogen and oxygen atoms in total. The van der Waals surface area contributed by atoms with Crippen LogP contribution in [0.2, 0.25) is 0 Å². The molecule has 0 aliphatic carbocycles. The van der Waals surface area contributed by atoms with Crippen molar-refractivity contribution in [1.82, 2.24) is 25.1 Å². The lowest BCUT2D eigenvalue weighted by Gasteiger charge is -2.24. The number of aryl methyl sites for hydroxylation is 3. The first-order chi connectivity index (χ1) is 11.1. The number of nitrogens with zero attached hydrogens (tertiary/aromatic N) is 4. The van der Waals surface area contributed by atoms with E-state index in [4.69, 9.17) is 5.73 Å². The number of halogens is 1. The van der Waals surface area contributed by atoms with Gasteiger partial charge >= 0.3 is 0 Å². The van der Waals surface area contributed by atoms with Gasteiger partial charge in [-0.3, -0.25) is 4.79 Å². The number of nitrogens with one attached hydrogen (secondary N) is 1. The van der Waals surface area contributed by atoms with Gasteiger partial charge in [-0.1, -0.05) is 0 Å². The highest BCUT2D eigenvalue weighted by Gasteiger charge is 2.22. The SMILES string of the molecule is Cc1cc(C)nc(-n2nc(C)c(CC(=O)NC(C)(C)CN)c2C)n1.Cl. The predicted octanol–water partition coefficient (Wildman–Crippen LogP) is 1.71. The summed E-state index contributed by atoms with van der Waals surface area (Å²) >= 11 is 0. The van der Waals surface area contributed by atoms with E-state index >= 15 is 0 Å². The number of aromatic nitrogens is 4. The van der Waals surface area contributed by atoms with Crippen LogP contribution in [0.5, 0.6) is 0 Å². The van der Waals surface area contributed by atoms with E-state index < -0.39 is 5.54 Å². The topological polar surface area (TPSA) is 98.7 Å². The molecule has 0 spiro atoms. The molecule has 0 aromatic carbocycles. The number of nitrogens with two attached hydrogens (primary N) is 1. The molecule has 2 aromatic heterocycles. The number of amides is 1. The summed E-state index contributed by atoms with van der Waals surface area (Å²) in [6.45, 7) is 11.8. The summed E-state index contributed by atoms with van der Waals surface area (Å²) in [5, 5.41) is 7.46. The lowest BCUT2D eigenvalue weighted by atomic mass is 10.0. The number of hydrogen-bond donors (Lipinski definition) is 2. The van der Waals surface area contributed by atoms with Crippen molar-refractivity contribution in [3.63, 3.8) is 0 Å². The lowest BCUT2D eigenvalue weighted by Crippen LogP contribution is -2.49. The van der Waals surface area contributed by atoms with Gasteiger partial charge in [-0.25, -0.2) is 14.6 Å². The second kappa shape index (κ2) is 7.93. The standard InChI is InChI=1S/C17H26N6O.ClH/c1-10-7-11(2)20-16(19-10)23-13(4)14(12(3)22-23)8-15(24)21-17(5,6)9-18;/h7H,8-9,18H2,1-6H3,(H,21,24);1H. The maximum Gasteiger partial charge on any atom is 0.251 e. The van der Waals surface area contributed by atoms with Crippen molar-refractivity contribution in [2.24, 2.45) is 5.73 Å². The monoisotopic (exact) mass is 366 g/mol. The van der Waals surface area contributed by atoms with E-state index in [-0.39, 0.29) is 24.7 Å². The highest BCUT2D eigenvalue weighted by molar-refractivity contribution is 5.85. The Balaban J connectivity index is 0.00000312. The van der Waals surface area contributed by atoms with Crippen LogP contribution in [0.25, 0.3) is 5.95 Å². The van der Waals surface area contributed by atoms with E-state index in [9.17, 15) is 4.79 Å². The first-order valence-electron chi connectivity index (χ1n) is 8.02. The third kappa shape index (κ3) is 4.99. The van der Waals surface area contributed by atoms with E-state index in [2.05, 4.69) is 20.4 Å². The van der Waals surface area contributed by atoms with Gasteiger partial charge in [0.25, 0.3) is 5.95 Å². The van der Waals surface area contributed by atoms with Gasteiger partial charge in [0.15, 0.2) is 0 Å². The van der Waals surface area contributed by atoms with Crippen molar-refractivity contribution in [1.29, 1.82) is 0 Å². The van der Waals surface area contributed by atoms with E-state index in [1.165, 1.54) is 0 Å². The fourth-order valence-corrected chi connectivity index (χ4v) is 2.56. The summed E-state index contributed by atoms with van der Waals surface area (Å²) < 4.78 is 1.70. The zero-order chi connectivity index (χ0) is 18.1. The normalized spacial score (nSPS) is 11.2. The molecule has 0 radical (unpaired) electrons. The first kappa shape index (κ1) is 21.1. The van der Waals surface area contributed by atoms with Crippen molar-refractivity contribution in [2.75, 3.05) is 6.54 Å². The lowest BCUT2D eigenvalue weighted by molar-refractivity contribution is -0.121. The van der Waals surface area contributed by atoms with E-state index in [1.54, 1.807) is 4.68 Å². The number of hydrogen-bond acceptors (Lipinski definition) is 5. The molecule has 0 saturated heterocycles. The quantitative estimate of drug-likeness (QED) is 0.839. The fourth-order valence-electron chi connectivity index (χ4n) is 2.56. The zero-order valence-electron chi connectivity index (χ0n) is 15.7. The minimum atomic E-state index is -0.425. The molecule has 0 unspecified atom stereocenters. The Morgan fingerprint density at radius 1 is 1.20 bits per heavy atom. The molecule has 0 aliphatic rings. The third-order valence-electron chi connectivity index (χ3n) is 3.93. The molecule has 2 aromatic rings. The van der Waals surface area contributed by atoms with Crippen molar-refractivity contribution < 1.29 is 4.79 Å². The van der Waals surface area contributed by atoms with Crippen LogP contribution in [0, 0.1) is 27.7 Å². The maximum atomic E-state index is 12.3. The van der Waals surface area contributed by atoms with E-state index in [1.807, 2.05) is 47.6 Å². The van der Waals surface area contributed by atoms with Gasteiger partial charge in [0.05, 0.1) is 12.1 Å². The minimum Gasteiger partial charge on any atom is -0.350 e. The van der Waals surface area contributed by atoms with Gasteiger partial charge < -0.3 is 11.1 Å². The Morgan fingerprint density at radius 2 is 1.76 bits per heavy atom. The van der Waals surface area contributed by atoms with Crippen LogP contribution in [0.4, 0.5) is 0 Å². The largest absolute Gasteiger partial charge is 0.350 e. The van der Waals surface area contributed by atoms with Gasteiger partial charge in [-0.2, -0.15) is 5.10 Å². The molecule has 1 amide bonds. The van der Waals surface area contributed by atoms with Crippen molar-refractivity contribution in [3.05, 3.63) is 34.4 Å². The molecule has 138 valence electrons. The van der Waals surface area contributed by atoms with E-state index in [0.717, 1.165) is 28.3 Å². The van der Waals surface area contributed by atoms with Crippen LogP contribution in [0.15, 0.2) is 6.07 Å². The van der Waals surface area contributed by atoms with Crippen molar-refractivity contribution >= 4 is 18.3 Å². The summed E-state index contributed by atoms with van der Waals surface area (Å²) in [6, 6.07) is 1.92. The molecule has 2 heterocycles. The van der Waals surface area contributed by atoms with Gasteiger partial charge in [0.1, 0.15) is 0 Å². The fraction of sp³-hybridized carbons (Fsp3) is 0.529. The van der Waals surface area contributed by atoms with Crippen LogP contribution in [-0.2, 0) is 11.2 Å². The van der Waals surface area contributed by atoms with Gasteiger partial charge in [-0.05, 0) is 47.6 Å². The van der Waals surface area contributed by atoms with Crippen LogP contribution < -0.4 is 11.1 Å². The van der Waals surface area contributed by atoms with Crippen LogP contribution >= 0.6 is 12.4 Å². The van der Waals surface area contributed by atoms with Crippen molar-refractivity contribution in [3.8, 4) is 5.95 Å². The van der Waals surface area contributed by atoms with Gasteiger partial charge in [-0.15, -0.1) is 12.4 Å². The average Bonchev–Trinajstić information content (AvgIpc) is 2.74. The maximum absolute atomic E-state index is 12.3. The molecule has 0 atom stereocenters. The molecular formula is C17H27ClN6O. The molecule has 0 fully saturated rings. The Labute approximate surface area is 154 Å². The third-order valence-corrected chi connectivity index (χ3v) is 3.93. The van der Waals surface area contributed by atoms with Crippen LogP contribution in [0.3, 0.4) is 0 Å². The summed E-state index contributed by atoms with van der Waals surface area (Å²) in [5.41, 5.74) is 9.58. The molecule has 8 heteroatoms.